The van der Waals surface area contributed by atoms with Gasteiger partial charge in [0, 0.05) is 36.9 Å². The molecule has 242 valence electrons. The molecule has 0 saturated carbocycles. The van der Waals surface area contributed by atoms with Crippen LogP contribution in [0.2, 0.25) is 0 Å². The number of halogens is 1. The van der Waals surface area contributed by atoms with Crippen LogP contribution in [-0.2, 0) is 21.6 Å². The average Bonchev–Trinajstić information content (AvgIpc) is 3.45. The molecule has 2 aromatic carbocycles. The first-order valence-electron chi connectivity index (χ1n) is 14.6. The molecule has 4 rings (SSSR count). The molecule has 2 aromatic heterocycles. The number of amides is 3. The van der Waals surface area contributed by atoms with Gasteiger partial charge in [0.15, 0.2) is 0 Å². The summed E-state index contributed by atoms with van der Waals surface area (Å²) in [5, 5.41) is 12.5. The summed E-state index contributed by atoms with van der Waals surface area (Å²) >= 11 is 0. The Morgan fingerprint density at radius 1 is 1.00 bits per heavy atom. The Morgan fingerprint density at radius 2 is 1.74 bits per heavy atom. The fourth-order valence-corrected chi connectivity index (χ4v) is 4.13. The number of rotatable bonds is 10. The van der Waals surface area contributed by atoms with E-state index in [-0.39, 0.29) is 40.8 Å². The van der Waals surface area contributed by atoms with Crippen molar-refractivity contribution >= 4 is 29.4 Å². The van der Waals surface area contributed by atoms with Crippen LogP contribution in [0.5, 0.6) is 11.5 Å². The number of nitrogens with two attached hydrogens (primary N) is 1. The molecule has 0 aliphatic rings. The number of carbonyl (C=O) groups excluding carboxylic acids is 3. The van der Waals surface area contributed by atoms with Crippen LogP contribution in [0.25, 0.3) is 5.69 Å². The molecular weight excluding hydrogens is 593 g/mol. The fraction of sp³-hybridized carbons (Fsp3) is 0.303. The highest BCUT2D eigenvalue weighted by atomic mass is 19.1. The van der Waals surface area contributed by atoms with E-state index in [1.165, 1.54) is 37.5 Å². The van der Waals surface area contributed by atoms with Gasteiger partial charge in [0.1, 0.15) is 41.5 Å². The van der Waals surface area contributed by atoms with E-state index < -0.39 is 29.8 Å². The smallest absolute Gasteiger partial charge is 0.324 e. The number of hydrogen-bond donors (Lipinski definition) is 4. The third-order valence-corrected chi connectivity index (χ3v) is 6.86. The molecule has 12 nitrogen and oxygen atoms in total. The largest absolute Gasteiger partial charge is 0.460 e. The van der Waals surface area contributed by atoms with Gasteiger partial charge in [-0.05, 0) is 41.8 Å². The Kier molecular flexibility index (Phi) is 10.4. The van der Waals surface area contributed by atoms with Gasteiger partial charge in [-0.1, -0.05) is 46.8 Å². The van der Waals surface area contributed by atoms with Crippen LogP contribution in [0.1, 0.15) is 56.4 Å². The van der Waals surface area contributed by atoms with Gasteiger partial charge in [-0.2, -0.15) is 5.10 Å². The van der Waals surface area contributed by atoms with Crippen molar-refractivity contribution in [3.05, 3.63) is 89.6 Å². The molecule has 0 bridgehead atoms. The Hall–Kier alpha value is -5.30. The Bertz CT molecular complexity index is 1730. The van der Waals surface area contributed by atoms with Crippen LogP contribution in [0.15, 0.2) is 66.9 Å². The fourth-order valence-electron chi connectivity index (χ4n) is 4.13. The van der Waals surface area contributed by atoms with E-state index in [1.807, 2.05) is 34.6 Å². The van der Waals surface area contributed by atoms with E-state index in [4.69, 9.17) is 20.3 Å². The summed E-state index contributed by atoms with van der Waals surface area (Å²) in [6.45, 7) is 9.66. The number of aromatic nitrogens is 3. The number of nitrogens with zero attached hydrogens (tertiary/aromatic N) is 3. The van der Waals surface area contributed by atoms with E-state index in [9.17, 15) is 14.4 Å². The highest BCUT2D eigenvalue weighted by Crippen LogP contribution is 2.28. The van der Waals surface area contributed by atoms with Crippen molar-refractivity contribution in [2.24, 2.45) is 11.7 Å². The highest BCUT2D eigenvalue weighted by Gasteiger charge is 2.23. The summed E-state index contributed by atoms with van der Waals surface area (Å²) in [5.41, 5.74) is 7.61. The number of urea groups is 1. The third-order valence-electron chi connectivity index (χ3n) is 6.86. The highest BCUT2D eigenvalue weighted by molar-refractivity contribution is 5.99. The monoisotopic (exact) mass is 631 g/mol. The zero-order chi connectivity index (χ0) is 33.6. The van der Waals surface area contributed by atoms with Gasteiger partial charge in [-0.15, -0.1) is 0 Å². The van der Waals surface area contributed by atoms with E-state index >= 15 is 4.39 Å². The lowest BCUT2D eigenvalue weighted by molar-refractivity contribution is -0.147. The zero-order valence-corrected chi connectivity index (χ0v) is 26.6. The molecular formula is C33H38FN7O5. The molecule has 0 aliphatic heterocycles. The van der Waals surface area contributed by atoms with Crippen molar-refractivity contribution in [3.63, 3.8) is 0 Å². The summed E-state index contributed by atoms with van der Waals surface area (Å²) in [6, 6.07) is 14.4. The molecule has 0 aliphatic carbocycles. The summed E-state index contributed by atoms with van der Waals surface area (Å²) < 4.78 is 27.7. The molecule has 5 N–H and O–H groups in total. The number of ether oxygens (including phenoxy) is 2. The van der Waals surface area contributed by atoms with Crippen molar-refractivity contribution in [1.29, 1.82) is 0 Å². The Morgan fingerprint density at radius 3 is 2.41 bits per heavy atom. The van der Waals surface area contributed by atoms with E-state index in [2.05, 4.69) is 20.9 Å². The molecule has 0 unspecified atom stereocenters. The minimum atomic E-state index is -0.739. The van der Waals surface area contributed by atoms with Crippen LogP contribution in [0.4, 0.5) is 20.7 Å². The molecule has 0 fully saturated rings. The molecule has 13 heteroatoms. The molecule has 2 heterocycles. The topological polar surface area (TPSA) is 162 Å². The summed E-state index contributed by atoms with van der Waals surface area (Å²) in [6.07, 6.45) is 1.40. The minimum Gasteiger partial charge on any atom is -0.460 e. The minimum absolute atomic E-state index is 0.0130. The summed E-state index contributed by atoms with van der Waals surface area (Å²) in [7, 11) is 1.48. The third kappa shape index (κ3) is 8.45. The van der Waals surface area contributed by atoms with Gasteiger partial charge in [0.25, 0.3) is 5.91 Å². The van der Waals surface area contributed by atoms with Crippen LogP contribution < -0.4 is 26.4 Å². The van der Waals surface area contributed by atoms with Gasteiger partial charge in [0.05, 0.1) is 17.1 Å². The van der Waals surface area contributed by atoms with Gasteiger partial charge in [-0.3, -0.25) is 19.9 Å². The van der Waals surface area contributed by atoms with Crippen molar-refractivity contribution < 1.29 is 28.2 Å². The second kappa shape index (κ2) is 14.2. The quantitative estimate of drug-likeness (QED) is 0.166. The molecule has 0 spiro atoms. The normalized spacial score (nSPS) is 11.9. The number of carbonyl (C=O) groups is 3. The molecule has 1 atom stereocenters. The Balaban J connectivity index is 1.50. The molecule has 0 radical (unpaired) electrons. The standard InChI is InChI=1S/C33H38FN7O5/c1-19(2)29(35)31(43)45-18-20-8-7-9-21(14-20)41-28(17-27(40-41)33(3,4)5)39-32(44)38-25-11-10-22(15-24(25)34)46-23-12-13-37-26(16-23)30(42)36-6/h7-17,19,29H,18,35H2,1-6H3,(H,36,42)(H2,38,39,44)/t29-/m1/s1. The SMILES string of the molecule is CNC(=O)c1cc(Oc2ccc(NC(=O)Nc3cc(C(C)(C)C)nn3-c3cccc(COC(=O)[C@H](N)C(C)C)c3)c(F)c2)ccn1. The molecule has 3 amide bonds. The van der Waals surface area contributed by atoms with Crippen molar-refractivity contribution in [3.8, 4) is 17.2 Å². The van der Waals surface area contributed by atoms with Gasteiger partial charge >= 0.3 is 12.0 Å². The van der Waals surface area contributed by atoms with Crippen LogP contribution >= 0.6 is 0 Å². The van der Waals surface area contributed by atoms with Gasteiger partial charge in [0.2, 0.25) is 0 Å². The van der Waals surface area contributed by atoms with Gasteiger partial charge in [-0.25, -0.2) is 13.9 Å². The lowest BCUT2D eigenvalue weighted by atomic mass is 9.92. The number of nitrogens with one attached hydrogen (secondary N) is 3. The van der Waals surface area contributed by atoms with Crippen LogP contribution in [0.3, 0.4) is 0 Å². The average molecular weight is 632 g/mol. The maximum Gasteiger partial charge on any atom is 0.324 e. The van der Waals surface area contributed by atoms with Crippen LogP contribution in [-0.4, -0.2) is 45.8 Å². The van der Waals surface area contributed by atoms with Gasteiger partial charge < -0.3 is 25.8 Å². The first-order valence-corrected chi connectivity index (χ1v) is 14.6. The zero-order valence-electron chi connectivity index (χ0n) is 26.6. The predicted octanol–water partition coefficient (Wildman–Crippen LogP) is 5.53. The first kappa shape index (κ1) is 33.6. The Labute approximate surface area is 266 Å². The van der Waals surface area contributed by atoms with Crippen LogP contribution in [0, 0.1) is 11.7 Å². The second-order valence-electron chi connectivity index (χ2n) is 11.9. The number of anilines is 2. The second-order valence-corrected chi connectivity index (χ2v) is 11.9. The summed E-state index contributed by atoms with van der Waals surface area (Å²) in [4.78, 5) is 41.1. The number of esters is 1. The molecule has 4 aromatic rings. The lowest BCUT2D eigenvalue weighted by Crippen LogP contribution is -2.36. The maximum atomic E-state index is 15.0. The van der Waals surface area contributed by atoms with E-state index in [0.717, 1.165) is 6.07 Å². The lowest BCUT2D eigenvalue weighted by Gasteiger charge is -2.15. The number of benzene rings is 2. The summed E-state index contributed by atoms with van der Waals surface area (Å²) in [5.74, 6) is -0.903. The maximum absolute atomic E-state index is 15.0. The van der Waals surface area contributed by atoms with Crippen molar-refractivity contribution in [2.75, 3.05) is 17.7 Å². The predicted molar refractivity (Wildman–Crippen MR) is 172 cm³/mol. The first-order chi connectivity index (χ1) is 21.7. The molecule has 46 heavy (non-hydrogen) atoms. The van der Waals surface area contributed by atoms with E-state index in [1.54, 1.807) is 35.0 Å². The van der Waals surface area contributed by atoms with Crippen molar-refractivity contribution in [2.45, 2.75) is 52.7 Å². The number of pyridine rings is 1. The van der Waals surface area contributed by atoms with E-state index in [0.29, 0.717) is 22.8 Å². The number of hydrogen-bond acceptors (Lipinski definition) is 8. The molecule has 0 saturated heterocycles. The van der Waals surface area contributed by atoms with Crippen molar-refractivity contribution in [1.82, 2.24) is 20.1 Å².